The van der Waals surface area contributed by atoms with Crippen molar-refractivity contribution in [2.24, 2.45) is 0 Å². The minimum Gasteiger partial charge on any atom is -0.306 e. The van der Waals surface area contributed by atoms with Crippen LogP contribution in [-0.4, -0.2) is 44.1 Å². The van der Waals surface area contributed by atoms with Crippen LogP contribution in [0.2, 0.25) is 0 Å². The highest BCUT2D eigenvalue weighted by atomic mass is 16.1. The quantitative estimate of drug-likeness (QED) is 0.371. The van der Waals surface area contributed by atoms with E-state index in [0.29, 0.717) is 4.48 Å². The molecular weight excluding hydrogens is 116 g/mol. The van der Waals surface area contributed by atoms with E-state index < -0.39 is 0 Å². The lowest BCUT2D eigenvalue weighted by molar-refractivity contribution is -0.827. The molecule has 0 atom stereocenters. The van der Waals surface area contributed by atoms with Gasteiger partial charge in [0, 0.05) is 13.1 Å². The van der Waals surface area contributed by atoms with Crippen LogP contribution >= 0.6 is 0 Å². The smallest absolute Gasteiger partial charge is 0.301 e. The van der Waals surface area contributed by atoms with Crippen molar-refractivity contribution in [1.82, 2.24) is 5.32 Å². The molecule has 0 unspecified atom stereocenters. The predicted octanol–water partition coefficient (Wildman–Crippen LogP) is -0.807. The van der Waals surface area contributed by atoms with Gasteiger partial charge in [0.2, 0.25) is 0 Å². The van der Waals surface area contributed by atoms with Gasteiger partial charge in [0.1, 0.15) is 0 Å². The summed E-state index contributed by atoms with van der Waals surface area (Å²) in [6, 6.07) is 0. The minimum absolute atomic E-state index is 0.576. The van der Waals surface area contributed by atoms with Gasteiger partial charge in [0.05, 0.1) is 20.1 Å². The fraction of sp³-hybridized carbons (Fsp3) is 0.833. The van der Waals surface area contributed by atoms with Gasteiger partial charge in [-0.1, -0.05) is 0 Å². The summed E-state index contributed by atoms with van der Waals surface area (Å²) >= 11 is 0. The molecule has 0 aromatic carbocycles. The van der Waals surface area contributed by atoms with E-state index in [4.69, 9.17) is 0 Å². The molecule has 1 aliphatic heterocycles. The van der Waals surface area contributed by atoms with Crippen LogP contribution in [0.1, 0.15) is 0 Å². The number of rotatable bonds is 1. The molecule has 0 aromatic rings. The van der Waals surface area contributed by atoms with Crippen molar-refractivity contribution in [2.45, 2.75) is 0 Å². The second-order valence-corrected chi connectivity index (χ2v) is 2.78. The maximum absolute atomic E-state index is 10.4. The number of nitrogens with zero attached hydrogens (tertiary/aromatic N) is 1. The summed E-state index contributed by atoms with van der Waals surface area (Å²) < 4.78 is 0.576. The van der Waals surface area contributed by atoms with Crippen LogP contribution in [-0.2, 0) is 4.79 Å². The molecule has 1 amide bonds. The van der Waals surface area contributed by atoms with Gasteiger partial charge in [-0.25, -0.2) is 4.79 Å². The van der Waals surface area contributed by atoms with E-state index in [9.17, 15) is 4.79 Å². The van der Waals surface area contributed by atoms with Crippen LogP contribution in [0.4, 0.5) is 0 Å². The highest BCUT2D eigenvalue weighted by Crippen LogP contribution is 1.98. The van der Waals surface area contributed by atoms with Gasteiger partial charge in [-0.2, -0.15) is 0 Å². The van der Waals surface area contributed by atoms with Gasteiger partial charge in [0.15, 0.2) is 0 Å². The number of quaternary nitrogens is 1. The number of nitrogens with one attached hydrogen (secondary N) is 1. The van der Waals surface area contributed by atoms with E-state index in [1.165, 1.54) is 0 Å². The molecule has 9 heavy (non-hydrogen) atoms. The number of hydrogen-bond donors (Lipinski definition) is 1. The third-order valence-electron chi connectivity index (χ3n) is 1.85. The summed E-state index contributed by atoms with van der Waals surface area (Å²) in [6.07, 6.45) is 1.03. The van der Waals surface area contributed by atoms with Crippen molar-refractivity contribution >= 4 is 6.41 Å². The first-order valence-corrected chi connectivity index (χ1v) is 3.28. The van der Waals surface area contributed by atoms with E-state index in [1.54, 1.807) is 0 Å². The molecule has 1 heterocycles. The maximum atomic E-state index is 10.4. The summed E-state index contributed by atoms with van der Waals surface area (Å²) in [5.41, 5.74) is 0. The van der Waals surface area contributed by atoms with E-state index in [-0.39, 0.29) is 0 Å². The lowest BCUT2D eigenvalue weighted by atomic mass is 10.3. The molecule has 1 aliphatic rings. The number of piperazine rings is 1. The monoisotopic (exact) mass is 129 g/mol. The maximum Gasteiger partial charge on any atom is 0.301 e. The summed E-state index contributed by atoms with van der Waals surface area (Å²) in [6.45, 7) is 3.80. The number of hydrogen-bond acceptors (Lipinski definition) is 2. The number of likely N-dealkylation sites (N-methyl/N-ethyl adjacent to an activating group) is 1. The lowest BCUT2D eigenvalue weighted by Gasteiger charge is -2.31. The van der Waals surface area contributed by atoms with Gasteiger partial charge in [-0.15, -0.1) is 0 Å². The van der Waals surface area contributed by atoms with Crippen molar-refractivity contribution in [3.63, 3.8) is 0 Å². The molecule has 0 aromatic heterocycles. The van der Waals surface area contributed by atoms with E-state index in [1.807, 2.05) is 7.05 Å². The number of carbonyl (C=O) groups excluding carboxylic acids is 1. The van der Waals surface area contributed by atoms with E-state index in [0.717, 1.165) is 32.6 Å². The molecule has 1 saturated heterocycles. The average molecular weight is 129 g/mol. The van der Waals surface area contributed by atoms with Crippen molar-refractivity contribution in [3.05, 3.63) is 0 Å². The van der Waals surface area contributed by atoms with Gasteiger partial charge in [-0.3, -0.25) is 4.48 Å². The predicted molar refractivity (Wildman–Crippen MR) is 34.9 cm³/mol. The number of amides is 1. The Bertz CT molecular complexity index is 108. The van der Waals surface area contributed by atoms with Gasteiger partial charge in [-0.05, 0) is 0 Å². The largest absolute Gasteiger partial charge is 0.306 e. The van der Waals surface area contributed by atoms with Gasteiger partial charge < -0.3 is 5.32 Å². The highest BCUT2D eigenvalue weighted by Gasteiger charge is 2.22. The molecule has 0 bridgehead atoms. The van der Waals surface area contributed by atoms with Crippen LogP contribution in [0.5, 0.6) is 0 Å². The molecule has 52 valence electrons. The third-order valence-corrected chi connectivity index (χ3v) is 1.85. The SMILES string of the molecule is C[N+]1(C=O)CCNCC1. The molecule has 0 spiro atoms. The fourth-order valence-corrected chi connectivity index (χ4v) is 1.01. The second kappa shape index (κ2) is 2.45. The van der Waals surface area contributed by atoms with Crippen LogP contribution in [0.3, 0.4) is 0 Å². The average Bonchev–Trinajstić information content (AvgIpc) is 1.90. The van der Waals surface area contributed by atoms with Crippen molar-refractivity contribution in [1.29, 1.82) is 0 Å². The Kier molecular flexibility index (Phi) is 1.83. The Hall–Kier alpha value is -0.410. The Labute approximate surface area is 55.2 Å². The van der Waals surface area contributed by atoms with Crippen LogP contribution in [0, 0.1) is 0 Å². The molecule has 0 radical (unpaired) electrons. The Morgan fingerprint density at radius 1 is 1.44 bits per heavy atom. The molecule has 0 saturated carbocycles. The normalized spacial score (nSPS) is 25.4. The van der Waals surface area contributed by atoms with Crippen LogP contribution in [0.25, 0.3) is 0 Å². The van der Waals surface area contributed by atoms with Crippen molar-refractivity contribution in [3.8, 4) is 0 Å². The molecule has 0 aliphatic carbocycles. The van der Waals surface area contributed by atoms with Crippen molar-refractivity contribution < 1.29 is 9.28 Å². The summed E-state index contributed by atoms with van der Waals surface area (Å²) in [4.78, 5) is 10.4. The number of carbonyl (C=O) groups is 1. The van der Waals surface area contributed by atoms with E-state index in [2.05, 4.69) is 5.32 Å². The van der Waals surface area contributed by atoms with Crippen LogP contribution < -0.4 is 5.32 Å². The molecule has 3 nitrogen and oxygen atoms in total. The molecular formula is C6H13N2O+. The second-order valence-electron chi connectivity index (χ2n) is 2.78. The highest BCUT2D eigenvalue weighted by molar-refractivity contribution is 5.37. The first-order chi connectivity index (χ1) is 4.27. The third kappa shape index (κ3) is 1.50. The van der Waals surface area contributed by atoms with Gasteiger partial charge in [0.25, 0.3) is 0 Å². The zero-order chi connectivity index (χ0) is 6.74. The lowest BCUT2D eigenvalue weighted by Crippen LogP contribution is -2.54. The summed E-state index contributed by atoms with van der Waals surface area (Å²) in [5, 5.41) is 3.20. The minimum atomic E-state index is 0.576. The van der Waals surface area contributed by atoms with E-state index >= 15 is 0 Å². The molecule has 1 rings (SSSR count). The van der Waals surface area contributed by atoms with Gasteiger partial charge >= 0.3 is 6.41 Å². The first-order valence-electron chi connectivity index (χ1n) is 3.28. The Balaban J connectivity index is 2.46. The Morgan fingerprint density at radius 3 is 2.33 bits per heavy atom. The zero-order valence-corrected chi connectivity index (χ0v) is 5.76. The standard InChI is InChI=1S/C6H13N2O/c1-8(6-9)4-2-7-3-5-8/h6-7H,2-5H2,1H3/q+1. The molecule has 1 fully saturated rings. The first kappa shape index (κ1) is 6.71. The Morgan fingerprint density at radius 2 is 2.00 bits per heavy atom. The van der Waals surface area contributed by atoms with Crippen molar-refractivity contribution in [2.75, 3.05) is 33.2 Å². The molecule has 1 N–H and O–H groups in total. The zero-order valence-electron chi connectivity index (χ0n) is 5.76. The summed E-state index contributed by atoms with van der Waals surface area (Å²) in [5.74, 6) is 0. The fourth-order valence-electron chi connectivity index (χ4n) is 1.01. The molecule has 3 heteroatoms. The van der Waals surface area contributed by atoms with Crippen LogP contribution in [0.15, 0.2) is 0 Å². The topological polar surface area (TPSA) is 29.1 Å². The summed E-state index contributed by atoms with van der Waals surface area (Å²) in [7, 11) is 1.97.